The largest absolute Gasteiger partial charge is 0.465 e. The minimum Gasteiger partial charge on any atom is -0.465 e. The second-order valence-corrected chi connectivity index (χ2v) is 4.82. The minimum absolute atomic E-state index is 0.754. The molecule has 76 valence electrons. The predicted molar refractivity (Wildman–Crippen MR) is 54.9 cm³/mol. The number of aryl methyl sites for hydroxylation is 1. The van der Waals surface area contributed by atoms with E-state index in [0.717, 1.165) is 35.9 Å². The molecule has 0 radical (unpaired) electrons. The maximum Gasteiger partial charge on any atom is 0.117 e. The molecule has 2 aliphatic carbocycles. The van der Waals surface area contributed by atoms with Crippen molar-refractivity contribution < 1.29 is 4.42 Å². The van der Waals surface area contributed by atoms with Crippen LogP contribution in [0.2, 0.25) is 0 Å². The Bertz CT molecular complexity index is 321. The summed E-state index contributed by atoms with van der Waals surface area (Å²) in [6, 6.07) is 4.85. The Hall–Kier alpha value is -0.760. The topological polar surface area (TPSA) is 25.2 Å². The smallest absolute Gasteiger partial charge is 0.117 e. The van der Waals surface area contributed by atoms with Crippen LogP contribution < -0.4 is 5.32 Å². The molecule has 1 aromatic rings. The Morgan fingerprint density at radius 3 is 2.71 bits per heavy atom. The molecule has 3 rings (SSSR count). The van der Waals surface area contributed by atoms with Gasteiger partial charge in [-0.25, -0.2) is 0 Å². The van der Waals surface area contributed by atoms with Crippen molar-refractivity contribution in [1.29, 1.82) is 0 Å². The van der Waals surface area contributed by atoms with Gasteiger partial charge >= 0.3 is 0 Å². The van der Waals surface area contributed by atoms with Crippen LogP contribution in [0.15, 0.2) is 16.5 Å². The average molecular weight is 191 g/mol. The lowest BCUT2D eigenvalue weighted by molar-refractivity contribution is 0.418. The van der Waals surface area contributed by atoms with E-state index in [1.54, 1.807) is 0 Å². The summed E-state index contributed by atoms with van der Waals surface area (Å²) in [6.45, 7) is 2.90. The molecule has 2 atom stereocenters. The molecule has 2 heteroatoms. The zero-order valence-electron chi connectivity index (χ0n) is 8.62. The molecule has 1 heterocycles. The fraction of sp³-hybridized carbons (Fsp3) is 0.667. The lowest BCUT2D eigenvalue weighted by Crippen LogP contribution is -2.26. The number of furan rings is 1. The van der Waals surface area contributed by atoms with Gasteiger partial charge in [0, 0.05) is 6.04 Å². The molecule has 1 N–H and O–H groups in total. The molecule has 0 amide bonds. The molecule has 2 nitrogen and oxygen atoms in total. The highest BCUT2D eigenvalue weighted by molar-refractivity contribution is 5.06. The molecule has 14 heavy (non-hydrogen) atoms. The molecule has 0 saturated heterocycles. The van der Waals surface area contributed by atoms with E-state index in [9.17, 15) is 0 Å². The molecule has 0 aliphatic heterocycles. The molecular weight excluding hydrogens is 174 g/mol. The molecular formula is C12H17NO. The predicted octanol–water partition coefficient (Wildman–Crippen LogP) is 2.48. The Kier molecular flexibility index (Phi) is 1.91. The summed E-state index contributed by atoms with van der Waals surface area (Å²) in [5, 5.41) is 3.58. The second kappa shape index (κ2) is 3.13. The first-order chi connectivity index (χ1) is 6.81. The van der Waals surface area contributed by atoms with Crippen LogP contribution in [-0.4, -0.2) is 6.04 Å². The first-order valence-corrected chi connectivity index (χ1v) is 5.60. The standard InChI is InChI=1S/C12H17NO/c1-8-2-3-12(14-8)7-13-11-5-9-4-10(9)6-11/h2-3,9-11,13H,4-7H2,1H3. The van der Waals surface area contributed by atoms with Gasteiger partial charge in [-0.15, -0.1) is 0 Å². The Morgan fingerprint density at radius 2 is 2.07 bits per heavy atom. The van der Waals surface area contributed by atoms with Crippen molar-refractivity contribution in [3.05, 3.63) is 23.7 Å². The van der Waals surface area contributed by atoms with Crippen molar-refractivity contribution in [2.24, 2.45) is 11.8 Å². The highest BCUT2D eigenvalue weighted by Gasteiger charge is 2.45. The monoisotopic (exact) mass is 191 g/mol. The van der Waals surface area contributed by atoms with E-state index >= 15 is 0 Å². The average Bonchev–Trinajstić information content (AvgIpc) is 2.63. The fourth-order valence-electron chi connectivity index (χ4n) is 2.71. The molecule has 0 aromatic carbocycles. The summed E-state index contributed by atoms with van der Waals surface area (Å²) in [6.07, 6.45) is 4.28. The third kappa shape index (κ3) is 1.59. The van der Waals surface area contributed by atoms with E-state index < -0.39 is 0 Å². The highest BCUT2D eigenvalue weighted by atomic mass is 16.3. The van der Waals surface area contributed by atoms with Crippen molar-refractivity contribution in [3.8, 4) is 0 Å². The third-order valence-electron chi connectivity index (χ3n) is 3.60. The summed E-state index contributed by atoms with van der Waals surface area (Å²) >= 11 is 0. The molecule has 2 aliphatic rings. The normalized spacial score (nSPS) is 34.5. The second-order valence-electron chi connectivity index (χ2n) is 4.82. The summed E-state index contributed by atoms with van der Waals surface area (Å²) in [7, 11) is 0. The van der Waals surface area contributed by atoms with Crippen LogP contribution in [0.3, 0.4) is 0 Å². The van der Waals surface area contributed by atoms with Crippen molar-refractivity contribution in [3.63, 3.8) is 0 Å². The maximum absolute atomic E-state index is 5.52. The van der Waals surface area contributed by atoms with Crippen LogP contribution in [0.4, 0.5) is 0 Å². The quantitative estimate of drug-likeness (QED) is 0.794. The van der Waals surface area contributed by atoms with E-state index in [-0.39, 0.29) is 0 Å². The van der Waals surface area contributed by atoms with Gasteiger partial charge in [-0.2, -0.15) is 0 Å². The molecule has 1 aromatic heterocycles. The van der Waals surface area contributed by atoms with Crippen molar-refractivity contribution in [2.75, 3.05) is 0 Å². The van der Waals surface area contributed by atoms with E-state index in [1.165, 1.54) is 19.3 Å². The zero-order chi connectivity index (χ0) is 9.54. The van der Waals surface area contributed by atoms with Gasteiger partial charge < -0.3 is 9.73 Å². The minimum atomic E-state index is 0.754. The van der Waals surface area contributed by atoms with Crippen LogP contribution in [0.5, 0.6) is 0 Å². The number of hydrogen-bond acceptors (Lipinski definition) is 2. The first kappa shape index (κ1) is 8.54. The Labute approximate surface area is 84.7 Å². The summed E-state index contributed by atoms with van der Waals surface area (Å²) in [5.41, 5.74) is 0. The number of nitrogens with one attached hydrogen (secondary N) is 1. The SMILES string of the molecule is Cc1ccc(CNC2CC3CC3C2)o1. The Morgan fingerprint density at radius 1 is 1.29 bits per heavy atom. The lowest BCUT2D eigenvalue weighted by Gasteiger charge is -2.12. The van der Waals surface area contributed by atoms with Gasteiger partial charge in [0.15, 0.2) is 0 Å². The number of fused-ring (bicyclic) bond motifs is 1. The summed E-state index contributed by atoms with van der Waals surface area (Å²) in [4.78, 5) is 0. The van der Waals surface area contributed by atoms with Gasteiger partial charge in [0.2, 0.25) is 0 Å². The van der Waals surface area contributed by atoms with Crippen LogP contribution in [0.1, 0.15) is 30.8 Å². The number of rotatable bonds is 3. The first-order valence-electron chi connectivity index (χ1n) is 5.60. The van der Waals surface area contributed by atoms with Gasteiger partial charge in [-0.3, -0.25) is 0 Å². The van der Waals surface area contributed by atoms with Crippen LogP contribution in [0, 0.1) is 18.8 Å². The van der Waals surface area contributed by atoms with Gasteiger partial charge in [0.1, 0.15) is 11.5 Å². The van der Waals surface area contributed by atoms with E-state index in [2.05, 4.69) is 11.4 Å². The van der Waals surface area contributed by atoms with E-state index in [0.29, 0.717) is 0 Å². The van der Waals surface area contributed by atoms with Gasteiger partial charge in [-0.05, 0) is 50.2 Å². The van der Waals surface area contributed by atoms with E-state index in [4.69, 9.17) is 4.42 Å². The van der Waals surface area contributed by atoms with Crippen LogP contribution >= 0.6 is 0 Å². The molecule has 0 bridgehead atoms. The zero-order valence-corrected chi connectivity index (χ0v) is 8.62. The molecule has 2 saturated carbocycles. The molecule has 2 fully saturated rings. The highest BCUT2D eigenvalue weighted by Crippen LogP contribution is 2.51. The third-order valence-corrected chi connectivity index (χ3v) is 3.60. The number of hydrogen-bond donors (Lipinski definition) is 1. The van der Waals surface area contributed by atoms with Crippen LogP contribution in [0.25, 0.3) is 0 Å². The summed E-state index contributed by atoms with van der Waals surface area (Å²) in [5.74, 6) is 4.20. The van der Waals surface area contributed by atoms with E-state index in [1.807, 2.05) is 13.0 Å². The molecule has 2 unspecified atom stereocenters. The Balaban J connectivity index is 1.50. The van der Waals surface area contributed by atoms with Gasteiger partial charge in [-0.1, -0.05) is 0 Å². The van der Waals surface area contributed by atoms with Gasteiger partial charge in [0.05, 0.1) is 6.54 Å². The van der Waals surface area contributed by atoms with Crippen molar-refractivity contribution in [2.45, 2.75) is 38.8 Å². The fourth-order valence-corrected chi connectivity index (χ4v) is 2.71. The lowest BCUT2D eigenvalue weighted by atomic mass is 10.1. The molecule has 0 spiro atoms. The maximum atomic E-state index is 5.52. The van der Waals surface area contributed by atoms with Crippen molar-refractivity contribution >= 4 is 0 Å². The summed E-state index contributed by atoms with van der Waals surface area (Å²) < 4.78 is 5.52. The van der Waals surface area contributed by atoms with Gasteiger partial charge in [0.25, 0.3) is 0 Å². The van der Waals surface area contributed by atoms with Crippen LogP contribution in [-0.2, 0) is 6.54 Å². The van der Waals surface area contributed by atoms with Crippen molar-refractivity contribution in [1.82, 2.24) is 5.32 Å².